The Morgan fingerprint density at radius 3 is 2.04 bits per heavy atom. The predicted molar refractivity (Wildman–Crippen MR) is 95.4 cm³/mol. The summed E-state index contributed by atoms with van der Waals surface area (Å²) in [5.74, 6) is -2.11. The fourth-order valence-electron chi connectivity index (χ4n) is 2.23. The van der Waals surface area contributed by atoms with Crippen molar-refractivity contribution in [2.75, 3.05) is 0 Å². The van der Waals surface area contributed by atoms with E-state index in [1.54, 1.807) is 12.1 Å². The number of carboxylic acids is 2. The maximum absolute atomic E-state index is 11.1. The van der Waals surface area contributed by atoms with Crippen molar-refractivity contribution in [1.29, 1.82) is 0 Å². The number of carboxylic acid groups (broad SMARTS) is 2. The van der Waals surface area contributed by atoms with Gasteiger partial charge in [0.25, 0.3) is 0 Å². The van der Waals surface area contributed by atoms with Gasteiger partial charge in [-0.3, -0.25) is 0 Å². The number of rotatable bonds is 5. The molecule has 2 N–H and O–H groups in total. The maximum atomic E-state index is 11.1. The third-order valence-corrected chi connectivity index (χ3v) is 3.26. The van der Waals surface area contributed by atoms with E-state index in [1.807, 2.05) is 50.3 Å². The number of hydrogen-bond acceptors (Lipinski definition) is 2. The van der Waals surface area contributed by atoms with E-state index in [9.17, 15) is 9.59 Å². The van der Waals surface area contributed by atoms with Gasteiger partial charge >= 0.3 is 11.9 Å². The van der Waals surface area contributed by atoms with Crippen LogP contribution in [0.25, 0.3) is 6.08 Å². The second-order valence-electron chi connectivity index (χ2n) is 5.66. The molecule has 0 heterocycles. The van der Waals surface area contributed by atoms with Crippen molar-refractivity contribution in [3.63, 3.8) is 0 Å². The molecule has 0 aromatic heterocycles. The highest BCUT2D eigenvalue weighted by atomic mass is 16.4. The van der Waals surface area contributed by atoms with Crippen LogP contribution in [0.1, 0.15) is 45.7 Å². The van der Waals surface area contributed by atoms with Crippen LogP contribution >= 0.6 is 0 Å². The molecule has 0 fully saturated rings. The Morgan fingerprint density at radius 1 is 1.00 bits per heavy atom. The zero-order valence-corrected chi connectivity index (χ0v) is 13.9. The van der Waals surface area contributed by atoms with Crippen molar-refractivity contribution < 1.29 is 19.8 Å². The summed E-state index contributed by atoms with van der Waals surface area (Å²) in [5.41, 5.74) is 1.50. The molecule has 2 aromatic rings. The summed E-state index contributed by atoms with van der Waals surface area (Å²) in [5, 5.41) is 18.0. The van der Waals surface area contributed by atoms with Crippen LogP contribution in [0.4, 0.5) is 0 Å². The molecule has 0 bridgehead atoms. The zero-order chi connectivity index (χ0) is 18.1. The monoisotopic (exact) mass is 326 g/mol. The van der Waals surface area contributed by atoms with E-state index in [2.05, 4.69) is 6.58 Å². The standard InChI is InChI=1S/C12H14O4.C8H8/c1-7(2)6-8-4-3-5-9(11(13)14)10(8)12(15)16;1-2-8-6-4-3-5-7-8/h3-5,7H,6H2,1-2H3,(H,13,14)(H,15,16);2-7H,1H2. The Labute approximate surface area is 142 Å². The van der Waals surface area contributed by atoms with Gasteiger partial charge in [-0.2, -0.15) is 0 Å². The van der Waals surface area contributed by atoms with Gasteiger partial charge in [-0.05, 0) is 29.5 Å². The van der Waals surface area contributed by atoms with Crippen LogP contribution in [0.3, 0.4) is 0 Å². The topological polar surface area (TPSA) is 74.6 Å². The van der Waals surface area contributed by atoms with Crippen LogP contribution < -0.4 is 0 Å². The first-order valence-corrected chi connectivity index (χ1v) is 7.62. The van der Waals surface area contributed by atoms with Crippen molar-refractivity contribution in [2.24, 2.45) is 5.92 Å². The van der Waals surface area contributed by atoms with E-state index in [4.69, 9.17) is 10.2 Å². The van der Waals surface area contributed by atoms with E-state index in [-0.39, 0.29) is 17.0 Å². The van der Waals surface area contributed by atoms with Gasteiger partial charge in [-0.1, -0.05) is 69.0 Å². The van der Waals surface area contributed by atoms with Crippen molar-refractivity contribution in [3.05, 3.63) is 77.4 Å². The summed E-state index contributed by atoms with van der Waals surface area (Å²) in [6, 6.07) is 14.6. The number of carbonyl (C=O) groups is 2. The average molecular weight is 326 g/mol. The van der Waals surface area contributed by atoms with Gasteiger partial charge in [0.1, 0.15) is 0 Å². The Morgan fingerprint density at radius 2 is 1.62 bits per heavy atom. The lowest BCUT2D eigenvalue weighted by atomic mass is 9.94. The fourth-order valence-corrected chi connectivity index (χ4v) is 2.23. The van der Waals surface area contributed by atoms with Crippen LogP contribution in [0, 0.1) is 5.92 Å². The molecule has 2 rings (SSSR count). The van der Waals surface area contributed by atoms with Gasteiger partial charge < -0.3 is 10.2 Å². The highest BCUT2D eigenvalue weighted by molar-refractivity contribution is 6.02. The summed E-state index contributed by atoms with van der Waals surface area (Å²) in [4.78, 5) is 22.0. The molecule has 0 spiro atoms. The first kappa shape index (κ1) is 19.2. The second-order valence-corrected chi connectivity index (χ2v) is 5.66. The number of hydrogen-bond donors (Lipinski definition) is 2. The zero-order valence-electron chi connectivity index (χ0n) is 13.9. The minimum absolute atomic E-state index is 0.0938. The van der Waals surface area contributed by atoms with Gasteiger partial charge in [0.15, 0.2) is 0 Å². The molecule has 0 radical (unpaired) electrons. The smallest absolute Gasteiger partial charge is 0.336 e. The van der Waals surface area contributed by atoms with Gasteiger partial charge in [0, 0.05) is 0 Å². The van der Waals surface area contributed by atoms with Gasteiger partial charge in [-0.25, -0.2) is 9.59 Å². The molecule has 0 aliphatic heterocycles. The summed E-state index contributed by atoms with van der Waals surface area (Å²) >= 11 is 0. The van der Waals surface area contributed by atoms with Crippen molar-refractivity contribution >= 4 is 18.0 Å². The van der Waals surface area contributed by atoms with Crippen LogP contribution in [0.5, 0.6) is 0 Å². The maximum Gasteiger partial charge on any atom is 0.336 e. The van der Waals surface area contributed by atoms with Crippen LogP contribution in [0.15, 0.2) is 55.1 Å². The third kappa shape index (κ3) is 5.72. The lowest BCUT2D eigenvalue weighted by Crippen LogP contribution is -2.12. The van der Waals surface area contributed by atoms with E-state index in [0.29, 0.717) is 12.0 Å². The minimum atomic E-state index is -1.21. The highest BCUT2D eigenvalue weighted by Gasteiger charge is 2.19. The molecular formula is C20H22O4. The van der Waals surface area contributed by atoms with E-state index >= 15 is 0 Å². The molecule has 126 valence electrons. The normalized spacial score (nSPS) is 9.79. The quantitative estimate of drug-likeness (QED) is 0.841. The molecule has 2 aromatic carbocycles. The minimum Gasteiger partial charge on any atom is -0.478 e. The predicted octanol–water partition coefficient (Wildman–Crippen LogP) is 4.61. The van der Waals surface area contributed by atoms with Gasteiger partial charge in [0.05, 0.1) is 11.1 Å². The molecule has 0 saturated carbocycles. The third-order valence-electron chi connectivity index (χ3n) is 3.26. The molecule has 0 atom stereocenters. The Hall–Kier alpha value is -2.88. The van der Waals surface area contributed by atoms with E-state index in [0.717, 1.165) is 0 Å². The molecule has 24 heavy (non-hydrogen) atoms. The molecule has 0 amide bonds. The summed E-state index contributed by atoms with van der Waals surface area (Å²) < 4.78 is 0. The molecule has 0 unspecified atom stereocenters. The van der Waals surface area contributed by atoms with E-state index in [1.165, 1.54) is 11.6 Å². The lowest BCUT2D eigenvalue weighted by molar-refractivity contribution is 0.0650. The Balaban J connectivity index is 0.000000300. The molecular weight excluding hydrogens is 304 g/mol. The van der Waals surface area contributed by atoms with Gasteiger partial charge in [-0.15, -0.1) is 0 Å². The van der Waals surface area contributed by atoms with Crippen LogP contribution in [-0.2, 0) is 6.42 Å². The summed E-state index contributed by atoms with van der Waals surface area (Å²) in [6.07, 6.45) is 2.39. The van der Waals surface area contributed by atoms with E-state index < -0.39 is 11.9 Å². The van der Waals surface area contributed by atoms with Crippen LogP contribution in [0.2, 0.25) is 0 Å². The van der Waals surface area contributed by atoms with Crippen LogP contribution in [-0.4, -0.2) is 22.2 Å². The molecule has 0 aliphatic rings. The molecule has 4 nitrogen and oxygen atoms in total. The van der Waals surface area contributed by atoms with Gasteiger partial charge in [0.2, 0.25) is 0 Å². The first-order valence-electron chi connectivity index (χ1n) is 7.62. The molecule has 4 heteroatoms. The molecule has 0 saturated heterocycles. The largest absolute Gasteiger partial charge is 0.478 e. The Bertz CT molecular complexity index is 703. The fraction of sp³-hybridized carbons (Fsp3) is 0.200. The van der Waals surface area contributed by atoms with Crippen molar-refractivity contribution in [3.8, 4) is 0 Å². The lowest BCUT2D eigenvalue weighted by Gasteiger charge is -2.10. The first-order chi connectivity index (χ1) is 11.4. The number of aromatic carboxylic acids is 2. The molecule has 0 aliphatic carbocycles. The summed E-state index contributed by atoms with van der Waals surface area (Å²) in [7, 11) is 0. The highest BCUT2D eigenvalue weighted by Crippen LogP contribution is 2.18. The van der Waals surface area contributed by atoms with Crippen molar-refractivity contribution in [1.82, 2.24) is 0 Å². The SMILES string of the molecule is C=Cc1ccccc1.CC(C)Cc1cccc(C(=O)O)c1C(=O)O. The van der Waals surface area contributed by atoms with Crippen molar-refractivity contribution in [2.45, 2.75) is 20.3 Å². The second kappa shape index (κ2) is 9.30. The number of benzene rings is 2. The average Bonchev–Trinajstić information content (AvgIpc) is 2.55. The Kier molecular flexibility index (Phi) is 7.43. The summed E-state index contributed by atoms with van der Waals surface area (Å²) in [6.45, 7) is 7.55.